The van der Waals surface area contributed by atoms with Gasteiger partial charge >= 0.3 is 0 Å². The number of fused-ring (bicyclic) bond motifs is 1. The first-order chi connectivity index (χ1) is 8.88. The Morgan fingerprint density at radius 1 is 1.28 bits per heavy atom. The fraction of sp³-hybridized carbons (Fsp3) is 0.200. The van der Waals surface area contributed by atoms with Crippen molar-refractivity contribution < 1.29 is 4.42 Å². The fourth-order valence-corrected chi connectivity index (χ4v) is 3.25. The summed E-state index contributed by atoms with van der Waals surface area (Å²) in [7, 11) is 1.99. The lowest BCUT2D eigenvalue weighted by molar-refractivity contribution is 0.543. The van der Waals surface area contributed by atoms with Gasteiger partial charge in [0.05, 0.1) is 12.5 Å². The molecule has 0 spiro atoms. The summed E-state index contributed by atoms with van der Waals surface area (Å²) < 4.78 is 6.52. The van der Waals surface area contributed by atoms with Crippen LogP contribution in [0.3, 0.4) is 0 Å². The average molecular weight is 257 g/mol. The van der Waals surface area contributed by atoms with Crippen LogP contribution < -0.4 is 5.32 Å². The molecule has 0 radical (unpaired) electrons. The van der Waals surface area contributed by atoms with Gasteiger partial charge in [-0.15, -0.1) is 11.3 Å². The molecule has 0 amide bonds. The summed E-state index contributed by atoms with van der Waals surface area (Å²) in [5, 5.41) is 6.98. The van der Waals surface area contributed by atoms with E-state index in [0.29, 0.717) is 6.04 Å². The van der Waals surface area contributed by atoms with Crippen molar-refractivity contribution in [1.29, 1.82) is 0 Å². The Morgan fingerprint density at radius 3 is 2.94 bits per heavy atom. The third-order valence-corrected chi connectivity index (χ3v) is 4.29. The van der Waals surface area contributed by atoms with E-state index in [0.717, 1.165) is 6.42 Å². The van der Waals surface area contributed by atoms with E-state index < -0.39 is 0 Å². The van der Waals surface area contributed by atoms with Crippen LogP contribution >= 0.6 is 11.3 Å². The van der Waals surface area contributed by atoms with Crippen LogP contribution in [-0.2, 0) is 6.42 Å². The van der Waals surface area contributed by atoms with Gasteiger partial charge in [0.25, 0.3) is 0 Å². The van der Waals surface area contributed by atoms with E-state index in [1.165, 1.54) is 21.2 Å². The summed E-state index contributed by atoms with van der Waals surface area (Å²) in [6.07, 6.45) is 4.53. The van der Waals surface area contributed by atoms with Crippen molar-refractivity contribution in [2.24, 2.45) is 0 Å². The molecule has 3 aromatic rings. The first-order valence-electron chi connectivity index (χ1n) is 6.03. The highest BCUT2D eigenvalue weighted by molar-refractivity contribution is 7.17. The normalized spacial score (nSPS) is 12.9. The van der Waals surface area contributed by atoms with Crippen molar-refractivity contribution in [1.82, 2.24) is 5.32 Å². The number of likely N-dealkylation sites (N-methyl/N-ethyl adjacent to an activating group) is 1. The molecule has 1 aromatic carbocycles. The predicted octanol–water partition coefficient (Wildman–Crippen LogP) is 4.00. The van der Waals surface area contributed by atoms with Crippen molar-refractivity contribution >= 4 is 21.4 Å². The van der Waals surface area contributed by atoms with E-state index in [1.54, 1.807) is 6.26 Å². The standard InChI is InChI=1S/C15H15NOS/c1-16-14(11-6-7-17-9-11)8-12-10-18-15-5-3-2-4-13(12)15/h2-7,9-10,14,16H,8H2,1H3. The Bertz CT molecular complexity index is 627. The molecule has 0 aliphatic rings. The van der Waals surface area contributed by atoms with Crippen molar-refractivity contribution in [2.75, 3.05) is 7.05 Å². The number of benzene rings is 1. The molecule has 3 heteroatoms. The van der Waals surface area contributed by atoms with Gasteiger partial charge in [0.1, 0.15) is 0 Å². The third kappa shape index (κ3) is 2.07. The highest BCUT2D eigenvalue weighted by atomic mass is 32.1. The van der Waals surface area contributed by atoms with Gasteiger partial charge < -0.3 is 9.73 Å². The van der Waals surface area contributed by atoms with Gasteiger partial charge in [-0.1, -0.05) is 18.2 Å². The Labute approximate surface area is 110 Å². The summed E-state index contributed by atoms with van der Waals surface area (Å²) in [6.45, 7) is 0. The van der Waals surface area contributed by atoms with E-state index >= 15 is 0 Å². The fourth-order valence-electron chi connectivity index (χ4n) is 2.27. The zero-order valence-electron chi connectivity index (χ0n) is 10.2. The maximum Gasteiger partial charge on any atom is 0.0950 e. The second-order valence-corrected chi connectivity index (χ2v) is 5.27. The Hall–Kier alpha value is -1.58. The van der Waals surface area contributed by atoms with Gasteiger partial charge in [0.15, 0.2) is 0 Å². The lowest BCUT2D eigenvalue weighted by Gasteiger charge is -2.13. The smallest absolute Gasteiger partial charge is 0.0950 e. The van der Waals surface area contributed by atoms with E-state index in [9.17, 15) is 0 Å². The van der Waals surface area contributed by atoms with Crippen LogP contribution in [0.15, 0.2) is 52.7 Å². The molecule has 18 heavy (non-hydrogen) atoms. The number of rotatable bonds is 4. The van der Waals surface area contributed by atoms with E-state index in [4.69, 9.17) is 4.42 Å². The maximum absolute atomic E-state index is 5.17. The Balaban J connectivity index is 1.91. The zero-order valence-corrected chi connectivity index (χ0v) is 11.0. The molecule has 2 nitrogen and oxygen atoms in total. The molecule has 0 bridgehead atoms. The summed E-state index contributed by atoms with van der Waals surface area (Å²) in [5.74, 6) is 0. The maximum atomic E-state index is 5.17. The lowest BCUT2D eigenvalue weighted by Crippen LogP contribution is -2.17. The number of thiophene rings is 1. The highest BCUT2D eigenvalue weighted by Gasteiger charge is 2.13. The minimum Gasteiger partial charge on any atom is -0.472 e. The largest absolute Gasteiger partial charge is 0.472 e. The molecule has 0 fully saturated rings. The summed E-state index contributed by atoms with van der Waals surface area (Å²) in [6, 6.07) is 10.9. The number of nitrogens with one attached hydrogen (secondary N) is 1. The third-order valence-electron chi connectivity index (χ3n) is 3.28. The van der Waals surface area contributed by atoms with Crippen molar-refractivity contribution in [3.8, 4) is 0 Å². The molecule has 1 N–H and O–H groups in total. The minimum atomic E-state index is 0.307. The monoisotopic (exact) mass is 257 g/mol. The van der Waals surface area contributed by atoms with Crippen LogP contribution in [0.25, 0.3) is 10.1 Å². The molecular formula is C15H15NOS. The molecule has 1 atom stereocenters. The first kappa shape index (κ1) is 11.5. The van der Waals surface area contributed by atoms with Gasteiger partial charge in [-0.25, -0.2) is 0 Å². The Kier molecular flexibility index (Phi) is 3.17. The number of hydrogen-bond donors (Lipinski definition) is 1. The second-order valence-electron chi connectivity index (χ2n) is 4.36. The van der Waals surface area contributed by atoms with E-state index in [1.807, 2.05) is 30.7 Å². The summed E-state index contributed by atoms with van der Waals surface area (Å²) >= 11 is 1.81. The van der Waals surface area contributed by atoms with Crippen LogP contribution in [0.2, 0.25) is 0 Å². The molecule has 3 rings (SSSR count). The van der Waals surface area contributed by atoms with Crippen LogP contribution in [-0.4, -0.2) is 7.05 Å². The molecule has 2 heterocycles. The molecule has 2 aromatic heterocycles. The predicted molar refractivity (Wildman–Crippen MR) is 76.0 cm³/mol. The second kappa shape index (κ2) is 4.96. The average Bonchev–Trinajstić information content (AvgIpc) is 3.06. The van der Waals surface area contributed by atoms with Crippen molar-refractivity contribution in [3.05, 3.63) is 59.4 Å². The quantitative estimate of drug-likeness (QED) is 0.764. The van der Waals surface area contributed by atoms with Gasteiger partial charge in [-0.3, -0.25) is 0 Å². The van der Waals surface area contributed by atoms with Gasteiger partial charge in [0, 0.05) is 16.3 Å². The number of hydrogen-bond acceptors (Lipinski definition) is 3. The van der Waals surface area contributed by atoms with Crippen LogP contribution in [0.4, 0.5) is 0 Å². The van der Waals surface area contributed by atoms with Gasteiger partial charge in [-0.2, -0.15) is 0 Å². The molecule has 0 saturated carbocycles. The highest BCUT2D eigenvalue weighted by Crippen LogP contribution is 2.29. The molecule has 1 unspecified atom stereocenters. The SMILES string of the molecule is CNC(Cc1csc2ccccc12)c1ccoc1. The molecule has 0 saturated heterocycles. The lowest BCUT2D eigenvalue weighted by atomic mass is 10.0. The van der Waals surface area contributed by atoms with Gasteiger partial charge in [-0.05, 0) is 41.9 Å². The van der Waals surface area contributed by atoms with Crippen molar-refractivity contribution in [2.45, 2.75) is 12.5 Å². The zero-order chi connectivity index (χ0) is 12.4. The van der Waals surface area contributed by atoms with Crippen molar-refractivity contribution in [3.63, 3.8) is 0 Å². The molecule has 0 aliphatic carbocycles. The number of furan rings is 1. The molecule has 92 valence electrons. The topological polar surface area (TPSA) is 25.2 Å². The van der Waals surface area contributed by atoms with Crippen LogP contribution in [0.1, 0.15) is 17.2 Å². The molecule has 0 aliphatic heterocycles. The molecular weight excluding hydrogens is 242 g/mol. The van der Waals surface area contributed by atoms with Crippen LogP contribution in [0.5, 0.6) is 0 Å². The summed E-state index contributed by atoms with van der Waals surface area (Å²) in [5.41, 5.74) is 2.60. The van der Waals surface area contributed by atoms with Crippen LogP contribution in [0, 0.1) is 0 Å². The van der Waals surface area contributed by atoms with Gasteiger partial charge in [0.2, 0.25) is 0 Å². The minimum absolute atomic E-state index is 0.307. The van der Waals surface area contributed by atoms with E-state index in [2.05, 4.69) is 35.0 Å². The Morgan fingerprint density at radius 2 is 2.17 bits per heavy atom. The van der Waals surface area contributed by atoms with E-state index in [-0.39, 0.29) is 0 Å². The first-order valence-corrected chi connectivity index (χ1v) is 6.91. The summed E-state index contributed by atoms with van der Waals surface area (Å²) in [4.78, 5) is 0.